The Balaban J connectivity index is 2.06. The molecule has 1 aliphatic heterocycles. The Morgan fingerprint density at radius 3 is 2.70 bits per heavy atom. The molecule has 1 aromatic heterocycles. The Hall–Kier alpha value is -3.00. The molecule has 1 amide bonds. The molecule has 1 aromatic carbocycles. The molecule has 0 bridgehead atoms. The molecular weight excluding hydrogens is 386 g/mol. The van der Waals surface area contributed by atoms with Crippen molar-refractivity contribution in [3.63, 3.8) is 0 Å². The molecule has 1 unspecified atom stereocenters. The third-order valence-corrected chi connectivity index (χ3v) is 5.87. The molecule has 8 nitrogen and oxygen atoms in total. The number of fused-ring (bicyclic) bond motifs is 1. The number of quaternary nitrogens is 1. The zero-order valence-electron chi connectivity index (χ0n) is 17.8. The van der Waals surface area contributed by atoms with E-state index in [9.17, 15) is 14.7 Å². The highest BCUT2D eigenvalue weighted by Crippen LogP contribution is 2.36. The first kappa shape index (κ1) is 21.7. The van der Waals surface area contributed by atoms with Gasteiger partial charge in [-0.25, -0.2) is 0 Å². The highest BCUT2D eigenvalue weighted by atomic mass is 16.5. The number of ether oxygens (including phenoxy) is 2. The van der Waals surface area contributed by atoms with E-state index in [1.807, 2.05) is 0 Å². The quantitative estimate of drug-likeness (QED) is 0.551. The van der Waals surface area contributed by atoms with E-state index in [0.717, 1.165) is 25.9 Å². The summed E-state index contributed by atoms with van der Waals surface area (Å²) in [5.41, 5.74) is -0.410. The molecule has 0 aliphatic carbocycles. The molecule has 1 saturated heterocycles. The van der Waals surface area contributed by atoms with Gasteiger partial charge in [-0.2, -0.15) is 0 Å². The van der Waals surface area contributed by atoms with Gasteiger partial charge in [-0.3, -0.25) is 9.59 Å². The van der Waals surface area contributed by atoms with Gasteiger partial charge in [0, 0.05) is 30.8 Å². The van der Waals surface area contributed by atoms with Gasteiger partial charge >= 0.3 is 0 Å². The van der Waals surface area contributed by atoms with Crippen LogP contribution in [0.15, 0.2) is 29.6 Å². The van der Waals surface area contributed by atoms with Crippen LogP contribution in [0.2, 0.25) is 0 Å². The fourth-order valence-electron chi connectivity index (χ4n) is 4.28. The molecular formula is C22H30N3O5+. The van der Waals surface area contributed by atoms with Crippen molar-refractivity contribution in [3.8, 4) is 17.2 Å². The zero-order chi connectivity index (χ0) is 21.8. The highest BCUT2D eigenvalue weighted by Gasteiger charge is 2.29. The molecule has 0 radical (unpaired) electrons. The molecule has 162 valence electrons. The molecule has 2 atom stereocenters. The standard InChI is InChI=1S/C22H29N3O5/c1-5-9-25-16-12-18(30-4)17(29-3)11-15(16)20(26)19(22(25)28)21(27)23-13-14-8-7-10-24(14)6-2/h5,11-12,14,26H,1,6-10,13H2,2-4H3,(H,23,27)/p+1/t14-/m1/s1. The predicted molar refractivity (Wildman–Crippen MR) is 115 cm³/mol. The lowest BCUT2D eigenvalue weighted by atomic mass is 10.1. The van der Waals surface area contributed by atoms with Gasteiger partial charge in [-0.15, -0.1) is 6.58 Å². The summed E-state index contributed by atoms with van der Waals surface area (Å²) < 4.78 is 12.0. The Labute approximate surface area is 175 Å². The molecule has 1 fully saturated rings. The van der Waals surface area contributed by atoms with E-state index in [2.05, 4.69) is 18.8 Å². The van der Waals surface area contributed by atoms with Crippen LogP contribution in [-0.2, 0) is 6.54 Å². The summed E-state index contributed by atoms with van der Waals surface area (Å²) in [6, 6.07) is 3.50. The first-order chi connectivity index (χ1) is 14.5. The normalized spacial score (nSPS) is 18.4. The van der Waals surface area contributed by atoms with Gasteiger partial charge in [0.2, 0.25) is 0 Å². The summed E-state index contributed by atoms with van der Waals surface area (Å²) in [5.74, 6) is -0.125. The van der Waals surface area contributed by atoms with Crippen molar-refractivity contribution in [1.29, 1.82) is 0 Å². The van der Waals surface area contributed by atoms with Crippen LogP contribution in [0.3, 0.4) is 0 Å². The van der Waals surface area contributed by atoms with Crippen molar-refractivity contribution in [2.45, 2.75) is 32.4 Å². The minimum Gasteiger partial charge on any atom is -0.506 e. The van der Waals surface area contributed by atoms with Crippen LogP contribution in [0, 0.1) is 0 Å². The monoisotopic (exact) mass is 416 g/mol. The summed E-state index contributed by atoms with van der Waals surface area (Å²) in [6.45, 7) is 8.56. The van der Waals surface area contributed by atoms with E-state index in [1.54, 1.807) is 18.2 Å². The minimum atomic E-state index is -0.575. The third-order valence-electron chi connectivity index (χ3n) is 5.87. The first-order valence-corrected chi connectivity index (χ1v) is 10.2. The Morgan fingerprint density at radius 2 is 2.07 bits per heavy atom. The lowest BCUT2D eigenvalue weighted by Gasteiger charge is -2.20. The summed E-state index contributed by atoms with van der Waals surface area (Å²) in [4.78, 5) is 27.5. The molecule has 3 N–H and O–H groups in total. The number of allylic oxidation sites excluding steroid dienone is 1. The number of amides is 1. The van der Waals surface area contributed by atoms with Crippen LogP contribution < -0.4 is 25.2 Å². The number of benzene rings is 1. The fraction of sp³-hybridized carbons (Fsp3) is 0.455. The van der Waals surface area contributed by atoms with Crippen molar-refractivity contribution in [2.24, 2.45) is 0 Å². The van der Waals surface area contributed by atoms with E-state index in [1.165, 1.54) is 23.7 Å². The average molecular weight is 416 g/mol. The lowest BCUT2D eigenvalue weighted by molar-refractivity contribution is -0.909. The van der Waals surface area contributed by atoms with Crippen LogP contribution in [0.1, 0.15) is 30.1 Å². The Bertz CT molecular complexity index is 1010. The molecule has 2 heterocycles. The maximum absolute atomic E-state index is 13.1. The minimum absolute atomic E-state index is 0.182. The van der Waals surface area contributed by atoms with Crippen molar-refractivity contribution in [1.82, 2.24) is 9.88 Å². The number of aromatic nitrogens is 1. The highest BCUT2D eigenvalue weighted by molar-refractivity contribution is 6.03. The third kappa shape index (κ3) is 3.87. The van der Waals surface area contributed by atoms with Crippen LogP contribution in [-0.4, -0.2) is 55.5 Å². The maximum atomic E-state index is 13.1. The van der Waals surface area contributed by atoms with Gasteiger partial charge < -0.3 is 29.4 Å². The van der Waals surface area contributed by atoms with Crippen molar-refractivity contribution < 1.29 is 24.3 Å². The Morgan fingerprint density at radius 1 is 1.37 bits per heavy atom. The first-order valence-electron chi connectivity index (χ1n) is 10.2. The smallest absolute Gasteiger partial charge is 0.268 e. The molecule has 0 spiro atoms. The number of hydrogen-bond acceptors (Lipinski definition) is 5. The number of likely N-dealkylation sites (N-methyl/N-ethyl adjacent to an activating group) is 1. The number of aromatic hydroxyl groups is 1. The van der Waals surface area contributed by atoms with E-state index in [4.69, 9.17) is 9.47 Å². The molecule has 30 heavy (non-hydrogen) atoms. The molecule has 3 rings (SSSR count). The van der Waals surface area contributed by atoms with Gasteiger partial charge in [-0.1, -0.05) is 6.08 Å². The maximum Gasteiger partial charge on any atom is 0.268 e. The lowest BCUT2D eigenvalue weighted by Crippen LogP contribution is -3.14. The van der Waals surface area contributed by atoms with Crippen LogP contribution in [0.4, 0.5) is 0 Å². The summed E-state index contributed by atoms with van der Waals surface area (Å²) >= 11 is 0. The van der Waals surface area contributed by atoms with E-state index in [-0.39, 0.29) is 17.9 Å². The van der Waals surface area contributed by atoms with Gasteiger partial charge in [0.1, 0.15) is 17.4 Å². The second-order valence-electron chi connectivity index (χ2n) is 7.46. The molecule has 8 heteroatoms. The topological polar surface area (TPSA) is 94.2 Å². The number of nitrogens with zero attached hydrogens (tertiary/aromatic N) is 1. The van der Waals surface area contributed by atoms with Crippen LogP contribution in [0.25, 0.3) is 10.9 Å². The number of pyridine rings is 1. The fourth-order valence-corrected chi connectivity index (χ4v) is 4.28. The SMILES string of the molecule is C=CCn1c(=O)c(C(=O)NC[C@H]2CCC[NH+]2CC)c(O)c2cc(OC)c(OC)cc21. The van der Waals surface area contributed by atoms with Gasteiger partial charge in [-0.05, 0) is 13.0 Å². The van der Waals surface area contributed by atoms with E-state index < -0.39 is 11.5 Å². The number of likely N-dealkylation sites (tertiary alicyclic amines) is 1. The van der Waals surface area contributed by atoms with E-state index >= 15 is 0 Å². The van der Waals surface area contributed by atoms with Gasteiger partial charge in [0.15, 0.2) is 11.5 Å². The summed E-state index contributed by atoms with van der Waals surface area (Å²) in [7, 11) is 2.98. The number of carbonyl (C=O) groups excluding carboxylic acids is 1. The Kier molecular flexibility index (Phi) is 6.66. The van der Waals surface area contributed by atoms with Crippen molar-refractivity contribution in [3.05, 3.63) is 40.7 Å². The van der Waals surface area contributed by atoms with E-state index in [0.29, 0.717) is 35.0 Å². The second-order valence-corrected chi connectivity index (χ2v) is 7.46. The summed E-state index contributed by atoms with van der Waals surface area (Å²) in [5, 5.41) is 14.1. The van der Waals surface area contributed by atoms with Gasteiger partial charge in [0.05, 0.1) is 39.4 Å². The number of carbonyl (C=O) groups is 1. The number of rotatable bonds is 8. The molecule has 0 saturated carbocycles. The molecule has 2 aromatic rings. The van der Waals surface area contributed by atoms with Crippen molar-refractivity contribution >= 4 is 16.8 Å². The number of nitrogens with one attached hydrogen (secondary N) is 2. The second kappa shape index (κ2) is 9.21. The van der Waals surface area contributed by atoms with Crippen LogP contribution in [0.5, 0.6) is 17.2 Å². The number of methoxy groups -OCH3 is 2. The van der Waals surface area contributed by atoms with Gasteiger partial charge in [0.25, 0.3) is 11.5 Å². The largest absolute Gasteiger partial charge is 0.506 e. The zero-order valence-corrected chi connectivity index (χ0v) is 17.8. The average Bonchev–Trinajstić information content (AvgIpc) is 3.22. The van der Waals surface area contributed by atoms with Crippen molar-refractivity contribution in [2.75, 3.05) is 33.9 Å². The molecule has 1 aliphatic rings. The predicted octanol–water partition coefficient (Wildman–Crippen LogP) is 0.707. The van der Waals surface area contributed by atoms with Crippen LogP contribution >= 0.6 is 0 Å². The number of hydrogen-bond donors (Lipinski definition) is 3. The summed E-state index contributed by atoms with van der Waals surface area (Å²) in [6.07, 6.45) is 3.72.